The van der Waals surface area contributed by atoms with Crippen LogP contribution in [0.4, 0.5) is 5.69 Å². The molecule has 0 amide bonds. The molecule has 0 saturated heterocycles. The topological polar surface area (TPSA) is 56.8 Å². The van der Waals surface area contributed by atoms with Crippen LogP contribution in [0, 0.1) is 0 Å². The molecular formula is C21H33NO4. The number of hydrogen-bond acceptors (Lipinski definition) is 5. The van der Waals surface area contributed by atoms with E-state index >= 15 is 0 Å². The van der Waals surface area contributed by atoms with Gasteiger partial charge in [-0.2, -0.15) is 0 Å². The molecule has 0 aromatic heterocycles. The van der Waals surface area contributed by atoms with Crippen LogP contribution in [-0.2, 0) is 9.53 Å². The van der Waals surface area contributed by atoms with E-state index in [0.717, 1.165) is 62.3 Å². The fourth-order valence-electron chi connectivity index (χ4n) is 3.28. The van der Waals surface area contributed by atoms with Gasteiger partial charge in [0.2, 0.25) is 0 Å². The highest BCUT2D eigenvalue weighted by atomic mass is 16.5. The summed E-state index contributed by atoms with van der Waals surface area (Å²) in [5, 5.41) is 3.45. The van der Waals surface area contributed by atoms with Crippen molar-refractivity contribution >= 4 is 11.7 Å². The van der Waals surface area contributed by atoms with E-state index in [1.807, 2.05) is 25.1 Å². The third-order valence-corrected chi connectivity index (χ3v) is 4.70. The van der Waals surface area contributed by atoms with E-state index in [-0.39, 0.29) is 5.97 Å². The number of hydrogen-bond donors (Lipinski definition) is 1. The average Bonchev–Trinajstić information content (AvgIpc) is 3.14. The first-order chi connectivity index (χ1) is 12.7. The molecule has 5 heteroatoms. The number of carbonyl (C=O) groups excluding carboxylic acids is 1. The van der Waals surface area contributed by atoms with Crippen LogP contribution in [0.1, 0.15) is 64.7 Å². The third kappa shape index (κ3) is 7.14. The van der Waals surface area contributed by atoms with Crippen molar-refractivity contribution in [1.29, 1.82) is 0 Å². The number of methoxy groups -OCH3 is 1. The Hall–Kier alpha value is -1.91. The van der Waals surface area contributed by atoms with E-state index in [0.29, 0.717) is 19.1 Å². The molecule has 1 saturated carbocycles. The number of ether oxygens (including phenoxy) is 3. The fourth-order valence-corrected chi connectivity index (χ4v) is 3.28. The van der Waals surface area contributed by atoms with Crippen LogP contribution in [0.15, 0.2) is 18.2 Å². The maximum atomic E-state index is 11.3. The molecule has 26 heavy (non-hydrogen) atoms. The predicted octanol–water partition coefficient (Wildman–Crippen LogP) is 4.94. The number of esters is 1. The van der Waals surface area contributed by atoms with E-state index in [9.17, 15) is 4.79 Å². The predicted molar refractivity (Wildman–Crippen MR) is 104 cm³/mol. The van der Waals surface area contributed by atoms with Gasteiger partial charge in [0, 0.05) is 24.7 Å². The summed E-state index contributed by atoms with van der Waals surface area (Å²) in [7, 11) is 1.68. The summed E-state index contributed by atoms with van der Waals surface area (Å²) in [6.45, 7) is 3.22. The van der Waals surface area contributed by atoms with Crippen molar-refractivity contribution in [2.75, 3.05) is 25.6 Å². The second kappa shape index (κ2) is 11.7. The molecule has 0 radical (unpaired) electrons. The van der Waals surface area contributed by atoms with Gasteiger partial charge in [-0.3, -0.25) is 4.79 Å². The smallest absolute Gasteiger partial charge is 0.305 e. The summed E-state index contributed by atoms with van der Waals surface area (Å²) in [5.41, 5.74) is 1.06. The number of benzene rings is 1. The number of carbonyl (C=O) groups is 1. The summed E-state index contributed by atoms with van der Waals surface area (Å²) in [5.74, 6) is 1.54. The van der Waals surface area contributed by atoms with Gasteiger partial charge in [-0.25, -0.2) is 0 Å². The van der Waals surface area contributed by atoms with Crippen LogP contribution >= 0.6 is 0 Å². The highest BCUT2D eigenvalue weighted by Gasteiger charge is 2.18. The largest absolute Gasteiger partial charge is 0.493 e. The molecule has 1 aromatic rings. The van der Waals surface area contributed by atoms with Crippen molar-refractivity contribution in [3.8, 4) is 11.5 Å². The van der Waals surface area contributed by atoms with E-state index in [4.69, 9.17) is 14.2 Å². The molecule has 1 fully saturated rings. The standard InChI is InChI=1S/C21H33NO4/c1-3-25-21(23)12-6-4-5-9-15-22-17-13-14-19(24-2)20(16-17)26-18-10-7-8-11-18/h13-14,16,18,22H,3-12,15H2,1-2H3. The lowest BCUT2D eigenvalue weighted by molar-refractivity contribution is -0.143. The van der Waals surface area contributed by atoms with Crippen LogP contribution in [0.25, 0.3) is 0 Å². The Morgan fingerprint density at radius 3 is 2.62 bits per heavy atom. The summed E-state index contributed by atoms with van der Waals surface area (Å²) in [6.07, 6.45) is 9.75. The number of unbranched alkanes of at least 4 members (excludes halogenated alkanes) is 3. The summed E-state index contributed by atoms with van der Waals surface area (Å²) < 4.78 is 16.5. The van der Waals surface area contributed by atoms with E-state index in [2.05, 4.69) is 5.32 Å². The zero-order valence-corrected chi connectivity index (χ0v) is 16.2. The normalized spacial score (nSPS) is 14.2. The summed E-state index contributed by atoms with van der Waals surface area (Å²) >= 11 is 0. The van der Waals surface area contributed by atoms with Gasteiger partial charge in [-0.1, -0.05) is 12.8 Å². The van der Waals surface area contributed by atoms with Gasteiger partial charge in [-0.05, 0) is 57.6 Å². The minimum absolute atomic E-state index is 0.0846. The molecule has 1 aromatic carbocycles. The molecule has 1 N–H and O–H groups in total. The molecular weight excluding hydrogens is 330 g/mol. The molecule has 5 nitrogen and oxygen atoms in total. The van der Waals surface area contributed by atoms with Gasteiger partial charge in [0.15, 0.2) is 11.5 Å². The fraction of sp³-hybridized carbons (Fsp3) is 0.667. The Balaban J connectivity index is 1.67. The lowest BCUT2D eigenvalue weighted by atomic mass is 10.1. The molecule has 0 aliphatic heterocycles. The Morgan fingerprint density at radius 1 is 1.12 bits per heavy atom. The first kappa shape index (κ1) is 20.4. The Labute approximate surface area is 157 Å². The molecule has 1 aliphatic rings. The quantitative estimate of drug-likeness (QED) is 0.421. The van der Waals surface area contributed by atoms with Crippen LogP contribution in [0.2, 0.25) is 0 Å². The second-order valence-corrected chi connectivity index (χ2v) is 6.79. The second-order valence-electron chi connectivity index (χ2n) is 6.79. The van der Waals surface area contributed by atoms with Gasteiger partial charge in [0.1, 0.15) is 0 Å². The summed E-state index contributed by atoms with van der Waals surface area (Å²) in [4.78, 5) is 11.3. The average molecular weight is 363 g/mol. The maximum Gasteiger partial charge on any atom is 0.305 e. The van der Waals surface area contributed by atoms with Gasteiger partial charge in [0.25, 0.3) is 0 Å². The van der Waals surface area contributed by atoms with Crippen molar-refractivity contribution < 1.29 is 19.0 Å². The SMILES string of the molecule is CCOC(=O)CCCCCCNc1ccc(OC)c(OC2CCCC2)c1. The molecule has 0 atom stereocenters. The van der Waals surface area contributed by atoms with Crippen LogP contribution in [-0.4, -0.2) is 32.3 Å². The van der Waals surface area contributed by atoms with E-state index in [1.54, 1.807) is 7.11 Å². The third-order valence-electron chi connectivity index (χ3n) is 4.70. The van der Waals surface area contributed by atoms with Crippen molar-refractivity contribution in [2.45, 2.75) is 70.8 Å². The lowest BCUT2D eigenvalue weighted by Gasteiger charge is -2.17. The van der Waals surface area contributed by atoms with Gasteiger partial charge < -0.3 is 19.5 Å². The molecule has 0 heterocycles. The maximum absolute atomic E-state index is 11.3. The zero-order chi connectivity index (χ0) is 18.6. The Kier molecular flexibility index (Phi) is 9.15. The molecule has 0 unspecified atom stereocenters. The molecule has 146 valence electrons. The number of nitrogens with one attached hydrogen (secondary N) is 1. The molecule has 2 rings (SSSR count). The lowest BCUT2D eigenvalue weighted by Crippen LogP contribution is -2.12. The monoisotopic (exact) mass is 363 g/mol. The molecule has 0 bridgehead atoms. The zero-order valence-electron chi connectivity index (χ0n) is 16.2. The number of rotatable bonds is 12. The van der Waals surface area contributed by atoms with Gasteiger partial charge >= 0.3 is 5.97 Å². The van der Waals surface area contributed by atoms with Gasteiger partial charge in [-0.15, -0.1) is 0 Å². The highest BCUT2D eigenvalue weighted by Crippen LogP contribution is 2.33. The Bertz CT molecular complexity index is 541. The first-order valence-electron chi connectivity index (χ1n) is 9.97. The van der Waals surface area contributed by atoms with Crippen molar-refractivity contribution in [3.05, 3.63) is 18.2 Å². The minimum atomic E-state index is -0.0846. The van der Waals surface area contributed by atoms with Crippen LogP contribution < -0.4 is 14.8 Å². The van der Waals surface area contributed by atoms with E-state index < -0.39 is 0 Å². The van der Waals surface area contributed by atoms with Crippen LogP contribution in [0.3, 0.4) is 0 Å². The highest BCUT2D eigenvalue weighted by molar-refractivity contribution is 5.69. The van der Waals surface area contributed by atoms with Crippen molar-refractivity contribution in [3.63, 3.8) is 0 Å². The number of anilines is 1. The van der Waals surface area contributed by atoms with Crippen molar-refractivity contribution in [2.24, 2.45) is 0 Å². The van der Waals surface area contributed by atoms with Gasteiger partial charge in [0.05, 0.1) is 19.8 Å². The Morgan fingerprint density at radius 2 is 1.88 bits per heavy atom. The van der Waals surface area contributed by atoms with E-state index in [1.165, 1.54) is 12.8 Å². The summed E-state index contributed by atoms with van der Waals surface area (Å²) in [6, 6.07) is 6.03. The van der Waals surface area contributed by atoms with Crippen molar-refractivity contribution in [1.82, 2.24) is 0 Å². The first-order valence-corrected chi connectivity index (χ1v) is 9.97. The molecule has 1 aliphatic carbocycles. The minimum Gasteiger partial charge on any atom is -0.493 e. The van der Waals surface area contributed by atoms with Crippen LogP contribution in [0.5, 0.6) is 11.5 Å². The molecule has 0 spiro atoms.